The molecule has 0 bridgehead atoms. The van der Waals surface area contributed by atoms with Gasteiger partial charge in [0.2, 0.25) is 0 Å². The molecule has 1 aromatic heterocycles. The van der Waals surface area contributed by atoms with E-state index in [0.717, 1.165) is 16.5 Å². The lowest BCUT2D eigenvalue weighted by Crippen LogP contribution is -2.25. The fourth-order valence-corrected chi connectivity index (χ4v) is 2.73. The van der Waals surface area contributed by atoms with Crippen molar-refractivity contribution >= 4 is 28.5 Å². The zero-order valence-corrected chi connectivity index (χ0v) is 12.7. The summed E-state index contributed by atoms with van der Waals surface area (Å²) in [6, 6.07) is 12.7. The van der Waals surface area contributed by atoms with E-state index in [4.69, 9.17) is 9.47 Å². The number of anilines is 1. The van der Waals surface area contributed by atoms with Crippen molar-refractivity contribution in [3.63, 3.8) is 0 Å². The van der Waals surface area contributed by atoms with Gasteiger partial charge in [0.1, 0.15) is 11.5 Å². The number of para-hydroxylation sites is 1. The fraction of sp³-hybridized carbons (Fsp3) is 0.111. The highest BCUT2D eigenvalue weighted by atomic mass is 16.5. The highest BCUT2D eigenvalue weighted by Crippen LogP contribution is 2.31. The Labute approximate surface area is 137 Å². The lowest BCUT2D eigenvalue weighted by atomic mass is 10.1. The molecule has 0 spiro atoms. The normalized spacial score (nSPS) is 13.1. The van der Waals surface area contributed by atoms with E-state index in [2.05, 4.69) is 10.3 Å². The molecule has 1 aliphatic heterocycles. The molecule has 4 rings (SSSR count). The van der Waals surface area contributed by atoms with Gasteiger partial charge in [-0.05, 0) is 23.8 Å². The molecule has 24 heavy (non-hydrogen) atoms. The lowest BCUT2D eigenvalue weighted by molar-refractivity contribution is -0.133. The maximum atomic E-state index is 12.2. The number of nitrogens with one attached hydrogen (secondary N) is 2. The van der Waals surface area contributed by atoms with Crippen LogP contribution in [-0.2, 0) is 16.0 Å². The minimum atomic E-state index is -0.372. The van der Waals surface area contributed by atoms with Crippen molar-refractivity contribution in [3.05, 3.63) is 54.2 Å². The number of H-pyrrole nitrogens is 1. The van der Waals surface area contributed by atoms with Crippen molar-refractivity contribution in [2.24, 2.45) is 0 Å². The van der Waals surface area contributed by atoms with Gasteiger partial charge in [0.15, 0.2) is 6.61 Å². The van der Waals surface area contributed by atoms with Gasteiger partial charge < -0.3 is 19.8 Å². The van der Waals surface area contributed by atoms with E-state index in [1.807, 2.05) is 30.5 Å². The SMILES string of the molecule is O=C1COc2ccc(OC(=O)Cc3c[nH]c4ccccc34)cc2N1. The van der Waals surface area contributed by atoms with E-state index in [0.29, 0.717) is 17.2 Å². The topological polar surface area (TPSA) is 80.4 Å². The van der Waals surface area contributed by atoms with Crippen molar-refractivity contribution in [1.82, 2.24) is 4.98 Å². The number of aromatic amines is 1. The molecule has 0 saturated heterocycles. The van der Waals surface area contributed by atoms with Gasteiger partial charge in [0.25, 0.3) is 5.91 Å². The predicted octanol–water partition coefficient (Wildman–Crippen LogP) is 2.65. The molecular weight excluding hydrogens is 308 g/mol. The third-order valence-corrected chi connectivity index (χ3v) is 3.83. The smallest absolute Gasteiger partial charge is 0.315 e. The number of carbonyl (C=O) groups is 2. The molecule has 6 nitrogen and oxygen atoms in total. The molecular formula is C18H14N2O4. The molecule has 3 aromatic rings. The molecule has 0 saturated carbocycles. The van der Waals surface area contributed by atoms with Crippen molar-refractivity contribution < 1.29 is 19.1 Å². The summed E-state index contributed by atoms with van der Waals surface area (Å²) in [5, 5.41) is 3.68. The maximum Gasteiger partial charge on any atom is 0.315 e. The second-order valence-corrected chi connectivity index (χ2v) is 5.51. The van der Waals surface area contributed by atoms with Crippen LogP contribution in [0.25, 0.3) is 10.9 Å². The molecule has 1 aliphatic rings. The van der Waals surface area contributed by atoms with Gasteiger partial charge in [-0.2, -0.15) is 0 Å². The Morgan fingerprint density at radius 1 is 1.21 bits per heavy atom. The van der Waals surface area contributed by atoms with Crippen LogP contribution < -0.4 is 14.8 Å². The molecule has 2 N–H and O–H groups in total. The van der Waals surface area contributed by atoms with Gasteiger partial charge in [-0.25, -0.2) is 0 Å². The van der Waals surface area contributed by atoms with Crippen LogP contribution in [0.2, 0.25) is 0 Å². The number of benzene rings is 2. The Kier molecular flexibility index (Phi) is 3.42. The number of esters is 1. The predicted molar refractivity (Wildman–Crippen MR) is 88.2 cm³/mol. The van der Waals surface area contributed by atoms with E-state index in [-0.39, 0.29) is 24.9 Å². The summed E-state index contributed by atoms with van der Waals surface area (Å²) in [5.41, 5.74) is 2.36. The molecule has 1 amide bonds. The second kappa shape index (κ2) is 5.73. The highest BCUT2D eigenvalue weighted by molar-refractivity contribution is 5.95. The van der Waals surface area contributed by atoms with Crippen LogP contribution in [0.3, 0.4) is 0 Å². The summed E-state index contributed by atoms with van der Waals surface area (Å²) in [4.78, 5) is 26.7. The van der Waals surface area contributed by atoms with Gasteiger partial charge in [-0.3, -0.25) is 9.59 Å². The van der Waals surface area contributed by atoms with Crippen molar-refractivity contribution in [3.8, 4) is 11.5 Å². The molecule has 0 fully saturated rings. The van der Waals surface area contributed by atoms with Gasteiger partial charge in [-0.1, -0.05) is 18.2 Å². The molecule has 6 heteroatoms. The van der Waals surface area contributed by atoms with E-state index >= 15 is 0 Å². The van der Waals surface area contributed by atoms with Crippen LogP contribution in [0.5, 0.6) is 11.5 Å². The number of ether oxygens (including phenoxy) is 2. The number of hydrogen-bond acceptors (Lipinski definition) is 4. The molecule has 0 radical (unpaired) electrons. The monoisotopic (exact) mass is 322 g/mol. The van der Waals surface area contributed by atoms with E-state index < -0.39 is 0 Å². The van der Waals surface area contributed by atoms with Crippen LogP contribution in [0, 0.1) is 0 Å². The molecule has 0 unspecified atom stereocenters. The number of carbonyl (C=O) groups excluding carboxylic acids is 2. The molecule has 2 heterocycles. The summed E-state index contributed by atoms with van der Waals surface area (Å²) in [6.45, 7) is -0.00724. The van der Waals surface area contributed by atoms with Gasteiger partial charge in [0.05, 0.1) is 12.1 Å². The van der Waals surface area contributed by atoms with E-state index in [9.17, 15) is 9.59 Å². The summed E-state index contributed by atoms with van der Waals surface area (Å²) >= 11 is 0. The number of amides is 1. The van der Waals surface area contributed by atoms with Crippen LogP contribution in [-0.4, -0.2) is 23.5 Å². The summed E-state index contributed by atoms with van der Waals surface area (Å²) in [5.74, 6) is 0.322. The largest absolute Gasteiger partial charge is 0.482 e. The van der Waals surface area contributed by atoms with Crippen LogP contribution in [0.4, 0.5) is 5.69 Å². The number of hydrogen-bond donors (Lipinski definition) is 2. The maximum absolute atomic E-state index is 12.2. The first kappa shape index (κ1) is 14.3. The zero-order chi connectivity index (χ0) is 16.5. The summed E-state index contributed by atoms with van der Waals surface area (Å²) < 4.78 is 10.7. The molecule has 2 aromatic carbocycles. The zero-order valence-electron chi connectivity index (χ0n) is 12.7. The second-order valence-electron chi connectivity index (χ2n) is 5.51. The van der Waals surface area contributed by atoms with Gasteiger partial charge >= 0.3 is 5.97 Å². The number of rotatable bonds is 3. The fourth-order valence-electron chi connectivity index (χ4n) is 2.73. The first-order valence-corrected chi connectivity index (χ1v) is 7.51. The first-order chi connectivity index (χ1) is 11.7. The third kappa shape index (κ3) is 2.69. The highest BCUT2D eigenvalue weighted by Gasteiger charge is 2.17. The number of aromatic nitrogens is 1. The van der Waals surface area contributed by atoms with Crippen LogP contribution in [0.1, 0.15) is 5.56 Å². The Bertz CT molecular complexity index is 945. The Morgan fingerprint density at radius 3 is 3.00 bits per heavy atom. The minimum Gasteiger partial charge on any atom is -0.482 e. The van der Waals surface area contributed by atoms with Crippen LogP contribution in [0.15, 0.2) is 48.7 Å². The van der Waals surface area contributed by atoms with Crippen molar-refractivity contribution in [1.29, 1.82) is 0 Å². The third-order valence-electron chi connectivity index (χ3n) is 3.83. The molecule has 120 valence electrons. The average Bonchev–Trinajstić information content (AvgIpc) is 2.97. The molecule has 0 aliphatic carbocycles. The Hall–Kier alpha value is -3.28. The molecule has 0 atom stereocenters. The quantitative estimate of drug-likeness (QED) is 0.574. The summed E-state index contributed by atoms with van der Waals surface area (Å²) in [7, 11) is 0. The Balaban J connectivity index is 1.50. The van der Waals surface area contributed by atoms with E-state index in [1.54, 1.807) is 18.2 Å². The first-order valence-electron chi connectivity index (χ1n) is 7.51. The summed E-state index contributed by atoms with van der Waals surface area (Å²) in [6.07, 6.45) is 1.97. The van der Waals surface area contributed by atoms with Crippen molar-refractivity contribution in [2.75, 3.05) is 11.9 Å². The van der Waals surface area contributed by atoms with E-state index in [1.165, 1.54) is 0 Å². The van der Waals surface area contributed by atoms with Crippen molar-refractivity contribution in [2.45, 2.75) is 6.42 Å². The average molecular weight is 322 g/mol. The minimum absolute atomic E-state index is 0.00724. The van der Waals surface area contributed by atoms with Gasteiger partial charge in [-0.15, -0.1) is 0 Å². The standard InChI is InChI=1S/C18H14N2O4/c21-17-10-23-16-6-5-12(8-15(16)20-17)24-18(22)7-11-9-19-14-4-2-1-3-13(11)14/h1-6,8-9,19H,7,10H2,(H,20,21). The van der Waals surface area contributed by atoms with Gasteiger partial charge in [0, 0.05) is 23.2 Å². The van der Waals surface area contributed by atoms with Crippen LogP contribution >= 0.6 is 0 Å². The lowest BCUT2D eigenvalue weighted by Gasteiger charge is -2.18. The number of fused-ring (bicyclic) bond motifs is 2. The Morgan fingerprint density at radius 2 is 2.08 bits per heavy atom.